The molecule has 10 nitrogen and oxygen atoms in total. The Hall–Kier alpha value is -0.474. The molecule has 0 radical (unpaired) electrons. The molecule has 0 N–H and O–H groups in total. The van der Waals surface area contributed by atoms with Crippen molar-refractivity contribution in [3.63, 3.8) is 0 Å². The van der Waals surface area contributed by atoms with Gasteiger partial charge >= 0.3 is 23.1 Å². The summed E-state index contributed by atoms with van der Waals surface area (Å²) in [4.78, 5) is 25.6. The van der Waals surface area contributed by atoms with Crippen LogP contribution in [0.15, 0.2) is 0 Å². The molecule has 0 saturated carbocycles. The predicted molar refractivity (Wildman–Crippen MR) is 173 cm³/mol. The Kier molecular flexibility index (Phi) is 30.4. The van der Waals surface area contributed by atoms with E-state index < -0.39 is 31.0 Å². The second-order valence-corrected chi connectivity index (χ2v) is 14.7. The van der Waals surface area contributed by atoms with Crippen molar-refractivity contribution in [1.29, 1.82) is 0 Å². The van der Waals surface area contributed by atoms with E-state index >= 15 is 0 Å². The summed E-state index contributed by atoms with van der Waals surface area (Å²) in [5, 5.41) is -2.58. The first-order valence-corrected chi connectivity index (χ1v) is 19.0. The standard InChI is InChI=1S/2C15H31NO4S.Mg/c2*1-4-5-6-7-8-9-10-11-12-13-15(17)16(3)14(2)21(18,19)20;/h2*14H,4-13H2,1-3H3,(H,18,19,20);/q;;+2/p-2. The van der Waals surface area contributed by atoms with Crippen LogP contribution in [0.25, 0.3) is 0 Å². The smallest absolute Gasteiger partial charge is 0.746 e. The molecule has 0 aromatic rings. The van der Waals surface area contributed by atoms with E-state index in [2.05, 4.69) is 13.8 Å². The van der Waals surface area contributed by atoms with Crippen LogP contribution in [0.5, 0.6) is 0 Å². The van der Waals surface area contributed by atoms with Gasteiger partial charge in [-0.1, -0.05) is 117 Å². The van der Waals surface area contributed by atoms with Crippen LogP contribution in [-0.4, -0.2) is 95.5 Å². The van der Waals surface area contributed by atoms with Crippen LogP contribution in [0.4, 0.5) is 0 Å². The maximum atomic E-state index is 11.8. The van der Waals surface area contributed by atoms with Gasteiger partial charge in [0, 0.05) is 26.9 Å². The Labute approximate surface area is 280 Å². The average molecular weight is 665 g/mol. The molecule has 0 saturated heterocycles. The van der Waals surface area contributed by atoms with Crippen LogP contribution in [0.1, 0.15) is 156 Å². The fraction of sp³-hybridized carbons (Fsp3) is 0.933. The Bertz CT molecular complexity index is 843. The molecule has 0 aromatic carbocycles. The van der Waals surface area contributed by atoms with Gasteiger partial charge < -0.3 is 18.9 Å². The van der Waals surface area contributed by atoms with E-state index in [9.17, 15) is 35.5 Å². The maximum Gasteiger partial charge on any atom is 2.00 e. The molecular formula is C30H60MgN2O8S2. The topological polar surface area (TPSA) is 155 Å². The van der Waals surface area contributed by atoms with E-state index in [4.69, 9.17) is 0 Å². The number of carbonyl (C=O) groups is 2. The summed E-state index contributed by atoms with van der Waals surface area (Å²) in [6.07, 6.45) is 21.5. The summed E-state index contributed by atoms with van der Waals surface area (Å²) in [6.45, 7) is 6.90. The van der Waals surface area contributed by atoms with Crippen LogP contribution in [0, 0.1) is 0 Å². The van der Waals surface area contributed by atoms with E-state index in [-0.39, 0.29) is 34.9 Å². The quantitative estimate of drug-likeness (QED) is 0.0678. The first kappa shape index (κ1) is 46.9. The van der Waals surface area contributed by atoms with E-state index in [1.165, 1.54) is 105 Å². The molecule has 2 amide bonds. The summed E-state index contributed by atoms with van der Waals surface area (Å²) in [5.41, 5.74) is 0. The average Bonchev–Trinajstić information content (AvgIpc) is 2.92. The van der Waals surface area contributed by atoms with Gasteiger partial charge in [0.1, 0.15) is 31.0 Å². The van der Waals surface area contributed by atoms with Gasteiger partial charge in [-0.05, 0) is 26.7 Å². The summed E-state index contributed by atoms with van der Waals surface area (Å²) in [7, 11) is -6.14. The number of unbranched alkanes of at least 4 members (excludes halogenated alkanes) is 16. The van der Waals surface area contributed by atoms with Crippen molar-refractivity contribution in [1.82, 2.24) is 9.80 Å². The number of amides is 2. The molecule has 0 bridgehead atoms. The molecule has 2 atom stereocenters. The second kappa shape index (κ2) is 27.8. The van der Waals surface area contributed by atoms with Gasteiger partial charge in [-0.15, -0.1) is 0 Å². The van der Waals surface area contributed by atoms with E-state index in [0.29, 0.717) is 12.8 Å². The number of nitrogens with zero attached hydrogens (tertiary/aromatic N) is 2. The summed E-state index contributed by atoms with van der Waals surface area (Å²) < 4.78 is 65.1. The summed E-state index contributed by atoms with van der Waals surface area (Å²) in [5.74, 6) is -0.547. The molecule has 0 heterocycles. The zero-order valence-electron chi connectivity index (χ0n) is 28.0. The van der Waals surface area contributed by atoms with E-state index in [0.717, 1.165) is 48.3 Å². The molecule has 0 aromatic heterocycles. The third-order valence-corrected chi connectivity index (χ3v) is 10.0. The third-order valence-electron chi connectivity index (χ3n) is 7.70. The van der Waals surface area contributed by atoms with Crippen LogP contribution in [0.2, 0.25) is 0 Å². The van der Waals surface area contributed by atoms with Crippen LogP contribution in [0.3, 0.4) is 0 Å². The molecule has 2 unspecified atom stereocenters. The minimum Gasteiger partial charge on any atom is -0.746 e. The predicted octanol–water partition coefficient (Wildman–Crippen LogP) is 6.13. The first-order valence-electron chi connectivity index (χ1n) is 16.0. The van der Waals surface area contributed by atoms with Gasteiger partial charge in [0.15, 0.2) is 0 Å². The molecule has 0 fully saturated rings. The van der Waals surface area contributed by atoms with Crippen molar-refractivity contribution in [2.24, 2.45) is 0 Å². The van der Waals surface area contributed by atoms with Crippen molar-refractivity contribution in [3.8, 4) is 0 Å². The monoisotopic (exact) mass is 664 g/mol. The normalized spacial score (nSPS) is 12.8. The molecule has 0 aliphatic heterocycles. The van der Waals surface area contributed by atoms with Crippen molar-refractivity contribution < 1.29 is 35.5 Å². The maximum absolute atomic E-state index is 11.8. The fourth-order valence-electron chi connectivity index (χ4n) is 4.32. The van der Waals surface area contributed by atoms with Crippen LogP contribution >= 0.6 is 0 Å². The zero-order chi connectivity index (χ0) is 32.6. The third kappa shape index (κ3) is 26.4. The largest absolute Gasteiger partial charge is 2.00 e. The molecule has 43 heavy (non-hydrogen) atoms. The van der Waals surface area contributed by atoms with Gasteiger partial charge in [0.25, 0.3) is 0 Å². The molecule has 0 aliphatic carbocycles. The number of hydrogen-bond donors (Lipinski definition) is 0. The molecule has 0 spiro atoms. The van der Waals surface area contributed by atoms with Crippen molar-refractivity contribution in [2.75, 3.05) is 14.1 Å². The Morgan fingerprint density at radius 3 is 0.930 bits per heavy atom. The van der Waals surface area contributed by atoms with Crippen LogP contribution < -0.4 is 0 Å². The van der Waals surface area contributed by atoms with Gasteiger partial charge in [0.2, 0.25) is 11.8 Å². The molecule has 0 rings (SSSR count). The number of hydrogen-bond acceptors (Lipinski definition) is 8. The van der Waals surface area contributed by atoms with Crippen molar-refractivity contribution in [2.45, 2.75) is 167 Å². The SMILES string of the molecule is CCCCCCCCCCCC(=O)N(C)C(C)S(=O)(=O)[O-].CCCCCCCCCCCC(=O)N(C)C(C)S(=O)(=O)[O-].[Mg+2]. The van der Waals surface area contributed by atoms with E-state index in [1.54, 1.807) is 0 Å². The Morgan fingerprint density at radius 1 is 0.512 bits per heavy atom. The molecule has 0 aliphatic rings. The second-order valence-electron chi connectivity index (χ2n) is 11.4. The van der Waals surface area contributed by atoms with Crippen LogP contribution in [-0.2, 0) is 29.8 Å². The minimum atomic E-state index is -4.44. The summed E-state index contributed by atoms with van der Waals surface area (Å²) in [6, 6.07) is 0. The molecule has 13 heteroatoms. The molecular weight excluding hydrogens is 605 g/mol. The van der Waals surface area contributed by atoms with Crippen molar-refractivity contribution in [3.05, 3.63) is 0 Å². The minimum absolute atomic E-state index is 0. The number of rotatable bonds is 24. The Balaban J connectivity index is -0.000000727. The Morgan fingerprint density at radius 2 is 0.721 bits per heavy atom. The first-order chi connectivity index (χ1) is 19.6. The molecule has 252 valence electrons. The zero-order valence-corrected chi connectivity index (χ0v) is 31.0. The van der Waals surface area contributed by atoms with Gasteiger partial charge in [-0.2, -0.15) is 0 Å². The number of carbonyl (C=O) groups excluding carboxylic acids is 2. The van der Waals surface area contributed by atoms with Crippen molar-refractivity contribution >= 4 is 55.1 Å². The van der Waals surface area contributed by atoms with Gasteiger partial charge in [0.05, 0.1) is 0 Å². The van der Waals surface area contributed by atoms with Gasteiger partial charge in [-0.25, -0.2) is 16.8 Å². The fourth-order valence-corrected chi connectivity index (χ4v) is 5.33. The summed E-state index contributed by atoms with van der Waals surface area (Å²) >= 11 is 0. The van der Waals surface area contributed by atoms with Gasteiger partial charge in [-0.3, -0.25) is 9.59 Å². The van der Waals surface area contributed by atoms with E-state index in [1.807, 2.05) is 0 Å².